The van der Waals surface area contributed by atoms with Crippen molar-refractivity contribution < 1.29 is 9.15 Å². The van der Waals surface area contributed by atoms with Crippen molar-refractivity contribution in [1.29, 1.82) is 0 Å². The molecular weight excluding hydrogens is 288 g/mol. The lowest BCUT2D eigenvalue weighted by Crippen LogP contribution is -2.28. The Hall–Kier alpha value is -1.78. The largest absolute Gasteiger partial charge is 0.492 e. The van der Waals surface area contributed by atoms with Crippen molar-refractivity contribution >= 4 is 0 Å². The van der Waals surface area contributed by atoms with Crippen LogP contribution in [0.4, 0.5) is 0 Å². The highest BCUT2D eigenvalue weighted by Gasteiger charge is 2.05. The van der Waals surface area contributed by atoms with Crippen molar-refractivity contribution in [3.05, 3.63) is 53.5 Å². The molecule has 126 valence electrons. The Morgan fingerprint density at radius 3 is 2.52 bits per heavy atom. The molecule has 0 aliphatic rings. The first-order valence-corrected chi connectivity index (χ1v) is 8.42. The highest BCUT2D eigenvalue weighted by atomic mass is 16.5. The molecule has 0 saturated carbocycles. The zero-order valence-electron chi connectivity index (χ0n) is 14.5. The Kier molecular flexibility index (Phi) is 7.17. The maximum Gasteiger partial charge on any atom is 0.123 e. The Morgan fingerprint density at radius 2 is 1.83 bits per heavy atom. The lowest BCUT2D eigenvalue weighted by molar-refractivity contribution is 0.221. The number of rotatable bonds is 10. The van der Waals surface area contributed by atoms with E-state index in [1.54, 1.807) is 0 Å². The minimum atomic E-state index is 0.718. The summed E-state index contributed by atoms with van der Waals surface area (Å²) in [7, 11) is 0. The van der Waals surface area contributed by atoms with Gasteiger partial charge in [-0.3, -0.25) is 0 Å². The van der Waals surface area contributed by atoms with E-state index in [0.717, 1.165) is 56.6 Å². The van der Waals surface area contributed by atoms with Crippen LogP contribution in [0.25, 0.3) is 0 Å². The lowest BCUT2D eigenvalue weighted by Gasteiger charge is -2.19. The zero-order chi connectivity index (χ0) is 16.5. The summed E-state index contributed by atoms with van der Waals surface area (Å²) in [5.74, 6) is 2.87. The number of nitrogens with one attached hydrogen (secondary N) is 1. The van der Waals surface area contributed by atoms with E-state index in [-0.39, 0.29) is 0 Å². The molecule has 4 heteroatoms. The molecular formula is C19H28N2O2. The fourth-order valence-corrected chi connectivity index (χ4v) is 2.52. The average molecular weight is 316 g/mol. The first-order valence-electron chi connectivity index (χ1n) is 8.42. The maximum absolute atomic E-state index is 5.97. The predicted octanol–water partition coefficient (Wildman–Crippen LogP) is 3.60. The lowest BCUT2D eigenvalue weighted by atomic mass is 10.2. The van der Waals surface area contributed by atoms with E-state index in [0.29, 0.717) is 0 Å². The second kappa shape index (κ2) is 9.38. The number of furan rings is 1. The van der Waals surface area contributed by atoms with Crippen LogP contribution >= 0.6 is 0 Å². The highest BCUT2D eigenvalue weighted by Crippen LogP contribution is 2.18. The zero-order valence-corrected chi connectivity index (χ0v) is 14.5. The minimum Gasteiger partial charge on any atom is -0.492 e. The molecule has 0 radical (unpaired) electrons. The topological polar surface area (TPSA) is 37.6 Å². The molecule has 2 aromatic rings. The van der Waals surface area contributed by atoms with Gasteiger partial charge in [-0.05, 0) is 38.2 Å². The number of para-hydroxylation sites is 1. The fraction of sp³-hybridized carbons (Fsp3) is 0.474. The van der Waals surface area contributed by atoms with E-state index >= 15 is 0 Å². The third kappa shape index (κ3) is 5.73. The van der Waals surface area contributed by atoms with Crippen LogP contribution < -0.4 is 10.1 Å². The first-order chi connectivity index (χ1) is 11.2. The van der Waals surface area contributed by atoms with Crippen LogP contribution in [0.1, 0.15) is 30.9 Å². The molecule has 0 aliphatic heterocycles. The van der Waals surface area contributed by atoms with Crippen molar-refractivity contribution in [3.8, 4) is 5.75 Å². The second-order valence-electron chi connectivity index (χ2n) is 5.60. The van der Waals surface area contributed by atoms with Crippen LogP contribution in [-0.4, -0.2) is 31.1 Å². The van der Waals surface area contributed by atoms with Gasteiger partial charge >= 0.3 is 0 Å². The SMILES string of the molecule is CCN(CC)CCOc1ccccc1CNCc1ccc(C)o1. The summed E-state index contributed by atoms with van der Waals surface area (Å²) in [6.45, 7) is 11.6. The quantitative estimate of drug-likeness (QED) is 0.727. The summed E-state index contributed by atoms with van der Waals surface area (Å²) in [6.07, 6.45) is 0. The molecule has 0 fully saturated rings. The van der Waals surface area contributed by atoms with Gasteiger partial charge in [0.2, 0.25) is 0 Å². The number of hydrogen-bond acceptors (Lipinski definition) is 4. The summed E-state index contributed by atoms with van der Waals surface area (Å²) in [6, 6.07) is 12.2. The van der Waals surface area contributed by atoms with Crippen molar-refractivity contribution in [2.75, 3.05) is 26.2 Å². The highest BCUT2D eigenvalue weighted by molar-refractivity contribution is 5.33. The van der Waals surface area contributed by atoms with Gasteiger partial charge in [-0.2, -0.15) is 0 Å². The van der Waals surface area contributed by atoms with Gasteiger partial charge in [0, 0.05) is 18.7 Å². The molecule has 0 saturated heterocycles. The van der Waals surface area contributed by atoms with Crippen LogP contribution in [0, 0.1) is 6.92 Å². The monoisotopic (exact) mass is 316 g/mol. The standard InChI is InChI=1S/C19H28N2O2/c1-4-21(5-2)12-13-22-19-9-7-6-8-17(19)14-20-15-18-11-10-16(3)23-18/h6-11,20H,4-5,12-15H2,1-3H3. The number of nitrogens with zero attached hydrogens (tertiary/aromatic N) is 1. The second-order valence-corrected chi connectivity index (χ2v) is 5.60. The van der Waals surface area contributed by atoms with E-state index < -0.39 is 0 Å². The number of ether oxygens (including phenoxy) is 1. The van der Waals surface area contributed by atoms with E-state index in [1.807, 2.05) is 37.3 Å². The molecule has 1 heterocycles. The van der Waals surface area contributed by atoms with E-state index in [2.05, 4.69) is 30.1 Å². The third-order valence-electron chi connectivity index (χ3n) is 3.94. The van der Waals surface area contributed by atoms with Crippen LogP contribution in [-0.2, 0) is 13.1 Å². The summed E-state index contributed by atoms with van der Waals surface area (Å²) in [4.78, 5) is 2.36. The number of benzene rings is 1. The van der Waals surface area contributed by atoms with Crippen LogP contribution in [0.5, 0.6) is 5.75 Å². The van der Waals surface area contributed by atoms with E-state index in [4.69, 9.17) is 9.15 Å². The van der Waals surface area contributed by atoms with Gasteiger partial charge in [-0.25, -0.2) is 0 Å². The fourth-order valence-electron chi connectivity index (χ4n) is 2.52. The number of aryl methyl sites for hydroxylation is 1. The van der Waals surface area contributed by atoms with Gasteiger partial charge in [0.05, 0.1) is 6.54 Å². The van der Waals surface area contributed by atoms with Crippen molar-refractivity contribution in [2.45, 2.75) is 33.9 Å². The minimum absolute atomic E-state index is 0.718. The molecule has 2 rings (SSSR count). The molecule has 23 heavy (non-hydrogen) atoms. The molecule has 1 aromatic carbocycles. The average Bonchev–Trinajstić information content (AvgIpc) is 2.98. The summed E-state index contributed by atoms with van der Waals surface area (Å²) in [5.41, 5.74) is 1.18. The normalized spacial score (nSPS) is 11.1. The van der Waals surface area contributed by atoms with Crippen LogP contribution in [0.3, 0.4) is 0 Å². The van der Waals surface area contributed by atoms with Crippen molar-refractivity contribution in [3.63, 3.8) is 0 Å². The number of likely N-dealkylation sites (N-methyl/N-ethyl adjacent to an activating group) is 1. The van der Waals surface area contributed by atoms with Gasteiger partial charge in [0.1, 0.15) is 23.9 Å². The molecule has 1 N–H and O–H groups in total. The third-order valence-corrected chi connectivity index (χ3v) is 3.94. The molecule has 0 unspecified atom stereocenters. The Balaban J connectivity index is 1.82. The molecule has 1 aromatic heterocycles. The molecule has 0 aliphatic carbocycles. The molecule has 0 amide bonds. The van der Waals surface area contributed by atoms with Crippen LogP contribution in [0.2, 0.25) is 0 Å². The summed E-state index contributed by atoms with van der Waals surface area (Å²) in [5, 5.41) is 3.41. The van der Waals surface area contributed by atoms with Gasteiger partial charge in [0.25, 0.3) is 0 Å². The maximum atomic E-state index is 5.97. The van der Waals surface area contributed by atoms with Crippen molar-refractivity contribution in [2.24, 2.45) is 0 Å². The van der Waals surface area contributed by atoms with E-state index in [1.165, 1.54) is 5.56 Å². The molecule has 0 spiro atoms. The Bertz CT molecular complexity index is 576. The van der Waals surface area contributed by atoms with Gasteiger partial charge in [-0.15, -0.1) is 0 Å². The van der Waals surface area contributed by atoms with Crippen LogP contribution in [0.15, 0.2) is 40.8 Å². The number of hydrogen-bond donors (Lipinski definition) is 1. The smallest absolute Gasteiger partial charge is 0.123 e. The van der Waals surface area contributed by atoms with Gasteiger partial charge in [0.15, 0.2) is 0 Å². The summed E-state index contributed by atoms with van der Waals surface area (Å²) < 4.78 is 11.5. The molecule has 0 atom stereocenters. The van der Waals surface area contributed by atoms with Gasteiger partial charge < -0.3 is 19.4 Å². The van der Waals surface area contributed by atoms with Gasteiger partial charge in [-0.1, -0.05) is 32.0 Å². The van der Waals surface area contributed by atoms with Crippen molar-refractivity contribution in [1.82, 2.24) is 10.2 Å². The van der Waals surface area contributed by atoms with E-state index in [9.17, 15) is 0 Å². The molecule has 4 nitrogen and oxygen atoms in total. The first kappa shape index (κ1) is 17.6. The summed E-state index contributed by atoms with van der Waals surface area (Å²) >= 11 is 0. The Labute approximate surface area is 139 Å². The Morgan fingerprint density at radius 1 is 1.04 bits per heavy atom. The molecule has 0 bridgehead atoms. The predicted molar refractivity (Wildman–Crippen MR) is 93.7 cm³/mol.